The Balaban J connectivity index is 0.000000120. The molecule has 3 aliphatic rings. The predicted molar refractivity (Wildman–Crippen MR) is 443 cm³/mol. The first-order valence-electron chi connectivity index (χ1n) is 36.0. The molecule has 1 saturated heterocycles. The summed E-state index contributed by atoms with van der Waals surface area (Å²) in [5, 5.41) is 7.61. The number of hydrogen-bond donors (Lipinski definition) is 0. The van der Waals surface area contributed by atoms with Gasteiger partial charge in [0.15, 0.2) is 5.82 Å². The molecule has 0 amide bonds. The topological polar surface area (TPSA) is 70.0 Å². The van der Waals surface area contributed by atoms with E-state index in [9.17, 15) is 0 Å². The molecule has 14 aromatic carbocycles. The maximum atomic E-state index is 6.40. The van der Waals surface area contributed by atoms with E-state index in [1.807, 2.05) is 89.4 Å². The molecule has 0 radical (unpaired) electrons. The molecule has 4 aromatic heterocycles. The second-order valence-electron chi connectivity index (χ2n) is 28.6. The van der Waals surface area contributed by atoms with E-state index in [4.69, 9.17) is 30.9 Å². The van der Waals surface area contributed by atoms with E-state index >= 15 is 0 Å². The standard InChI is InChI=1S/C45H28N2S.C37H31BO2S.C14H9ClN2/c1-2-12-29(13-3-1)43-36-17-6-10-20-40(36)46-44(47-43)30-22-24-31(25-23-30)45(38-18-8-4-14-33(38)34-15-5-9-19-39(34)45)32-26-27-42-37(28-32)35-16-7-11-21-41(35)48-42;1-35(2)36(3,4)40-38(39-35)26-20-17-24(18-21-26)37(31-14-8-5-11-27(31)28-12-6-9-15-32(28)37)25-19-22-34-30(23-25)29-13-7-10-16-33(29)41-34;15-14-16-12-9-5-4-8-11(12)13(17-14)10-6-2-1-3-7-10/h1-28H;5-23H,1-4H3;1-9H. The third-order valence-corrected chi connectivity index (χ3v) is 24.7. The fourth-order valence-corrected chi connectivity index (χ4v) is 18.9. The second-order valence-corrected chi connectivity index (χ2v) is 31.1. The maximum absolute atomic E-state index is 6.40. The Morgan fingerprint density at radius 3 is 1.09 bits per heavy atom. The third-order valence-electron chi connectivity index (χ3n) is 22.2. The van der Waals surface area contributed by atoms with Crippen LogP contribution in [0, 0.1) is 0 Å². The molecule has 0 atom stereocenters. The third kappa shape index (κ3) is 10.7. The first kappa shape index (κ1) is 65.3. The van der Waals surface area contributed by atoms with Crippen molar-refractivity contribution >= 4 is 109 Å². The van der Waals surface area contributed by atoms with Gasteiger partial charge < -0.3 is 9.31 Å². The van der Waals surface area contributed by atoms with Crippen molar-refractivity contribution in [1.29, 1.82) is 0 Å². The molecule has 6 nitrogen and oxygen atoms in total. The van der Waals surface area contributed by atoms with Gasteiger partial charge in [0.25, 0.3) is 0 Å². The van der Waals surface area contributed by atoms with E-state index in [-0.39, 0.29) is 23.6 Å². The zero-order valence-electron chi connectivity index (χ0n) is 58.7. The lowest BCUT2D eigenvalue weighted by molar-refractivity contribution is 0.00578. The van der Waals surface area contributed by atoms with Gasteiger partial charge in [-0.1, -0.05) is 291 Å². The van der Waals surface area contributed by atoms with Crippen LogP contribution < -0.4 is 5.46 Å². The summed E-state index contributed by atoms with van der Waals surface area (Å²) in [5.41, 5.74) is 21.6. The van der Waals surface area contributed by atoms with Crippen LogP contribution in [0.15, 0.2) is 340 Å². The fourth-order valence-electron chi connectivity index (χ4n) is 16.6. The van der Waals surface area contributed by atoms with Gasteiger partial charge in [-0.2, -0.15) is 0 Å². The van der Waals surface area contributed by atoms with Crippen molar-refractivity contribution in [2.24, 2.45) is 0 Å². The molecule has 1 fully saturated rings. The minimum atomic E-state index is -0.484. The molecule has 18 aromatic rings. The van der Waals surface area contributed by atoms with Gasteiger partial charge in [-0.25, -0.2) is 19.9 Å². The van der Waals surface area contributed by atoms with Crippen LogP contribution in [0.5, 0.6) is 0 Å². The van der Waals surface area contributed by atoms with E-state index in [0.29, 0.717) is 0 Å². The monoisotopic (exact) mass is 1420 g/mol. The van der Waals surface area contributed by atoms with Crippen LogP contribution in [0.2, 0.25) is 5.28 Å². The average molecular weight is 1420 g/mol. The van der Waals surface area contributed by atoms with Crippen molar-refractivity contribution in [3.8, 4) is 56.2 Å². The molecule has 0 bridgehead atoms. The van der Waals surface area contributed by atoms with Crippen molar-refractivity contribution in [2.45, 2.75) is 49.7 Å². The summed E-state index contributed by atoms with van der Waals surface area (Å²) in [6.45, 7) is 8.42. The molecule has 5 heterocycles. The molecule has 0 saturated carbocycles. The molecular formula is C96H68BClN4O2S2. The number of halogens is 1. The van der Waals surface area contributed by atoms with Crippen LogP contribution in [0.3, 0.4) is 0 Å². The fraction of sp³-hybridized carbons (Fsp3) is 0.0833. The molecule has 2 aliphatic carbocycles. The zero-order chi connectivity index (χ0) is 71.3. The molecule has 506 valence electrons. The van der Waals surface area contributed by atoms with E-state index in [1.165, 1.54) is 107 Å². The zero-order valence-corrected chi connectivity index (χ0v) is 61.1. The number of aromatic nitrogens is 4. The number of rotatable bonds is 8. The minimum Gasteiger partial charge on any atom is -0.399 e. The van der Waals surface area contributed by atoms with E-state index < -0.39 is 10.8 Å². The largest absolute Gasteiger partial charge is 0.494 e. The van der Waals surface area contributed by atoms with Crippen molar-refractivity contribution in [3.05, 3.63) is 390 Å². The van der Waals surface area contributed by atoms with E-state index in [2.05, 4.69) is 311 Å². The number of para-hydroxylation sites is 2. The summed E-state index contributed by atoms with van der Waals surface area (Å²) >= 11 is 9.68. The molecule has 106 heavy (non-hydrogen) atoms. The van der Waals surface area contributed by atoms with Crippen LogP contribution in [-0.2, 0) is 20.1 Å². The number of nitrogens with zero attached hydrogens (tertiary/aromatic N) is 4. The number of fused-ring (bicyclic) bond motifs is 14. The van der Waals surface area contributed by atoms with Crippen molar-refractivity contribution in [3.63, 3.8) is 0 Å². The summed E-state index contributed by atoms with van der Waals surface area (Å²) in [4.78, 5) is 18.8. The van der Waals surface area contributed by atoms with Crippen LogP contribution in [0.25, 0.3) is 118 Å². The molecule has 21 rings (SSSR count). The first-order chi connectivity index (χ1) is 51.9. The Bertz CT molecular complexity index is 6350. The van der Waals surface area contributed by atoms with Gasteiger partial charge in [0.2, 0.25) is 5.28 Å². The molecule has 10 heteroatoms. The number of thiophene rings is 2. The van der Waals surface area contributed by atoms with Crippen molar-refractivity contribution in [2.75, 3.05) is 0 Å². The van der Waals surface area contributed by atoms with E-state index in [1.54, 1.807) is 0 Å². The van der Waals surface area contributed by atoms with Crippen LogP contribution in [0.1, 0.15) is 72.2 Å². The van der Waals surface area contributed by atoms with Crippen molar-refractivity contribution < 1.29 is 9.31 Å². The van der Waals surface area contributed by atoms with Gasteiger partial charge in [-0.3, -0.25) is 0 Å². The molecule has 0 N–H and O–H groups in total. The summed E-state index contributed by atoms with van der Waals surface area (Å²) in [5.74, 6) is 0.728. The van der Waals surface area contributed by atoms with Gasteiger partial charge >= 0.3 is 7.12 Å². The summed E-state index contributed by atoms with van der Waals surface area (Å²) < 4.78 is 18.1. The van der Waals surface area contributed by atoms with Gasteiger partial charge in [-0.05, 0) is 160 Å². The van der Waals surface area contributed by atoms with Crippen LogP contribution in [0.4, 0.5) is 0 Å². The Morgan fingerprint density at radius 1 is 0.292 bits per heavy atom. The molecule has 1 aliphatic heterocycles. The quantitative estimate of drug-likeness (QED) is 0.112. The number of benzene rings is 14. The number of hydrogen-bond acceptors (Lipinski definition) is 8. The van der Waals surface area contributed by atoms with Crippen molar-refractivity contribution in [1.82, 2.24) is 19.9 Å². The summed E-state index contributed by atoms with van der Waals surface area (Å²) in [6, 6.07) is 122. The summed E-state index contributed by atoms with van der Waals surface area (Å²) in [6.07, 6.45) is 0. The minimum absolute atomic E-state index is 0.280. The lowest BCUT2D eigenvalue weighted by atomic mass is 9.66. The highest BCUT2D eigenvalue weighted by atomic mass is 35.5. The average Bonchev–Trinajstić information content (AvgIpc) is 1.52. The lowest BCUT2D eigenvalue weighted by Crippen LogP contribution is -2.41. The Kier molecular flexibility index (Phi) is 16.0. The summed E-state index contributed by atoms with van der Waals surface area (Å²) in [7, 11) is -0.387. The Morgan fingerprint density at radius 2 is 0.642 bits per heavy atom. The first-order valence-corrected chi connectivity index (χ1v) is 38.0. The lowest BCUT2D eigenvalue weighted by Gasteiger charge is -2.34. The normalized spacial score (nSPS) is 14.7. The highest BCUT2D eigenvalue weighted by Gasteiger charge is 2.53. The highest BCUT2D eigenvalue weighted by molar-refractivity contribution is 7.26. The smallest absolute Gasteiger partial charge is 0.399 e. The van der Waals surface area contributed by atoms with Gasteiger partial charge in [0.1, 0.15) is 0 Å². The van der Waals surface area contributed by atoms with Crippen LogP contribution >= 0.6 is 34.3 Å². The predicted octanol–water partition coefficient (Wildman–Crippen LogP) is 24.4. The van der Waals surface area contributed by atoms with Gasteiger partial charge in [0.05, 0.1) is 44.5 Å². The Hall–Kier alpha value is -11.5. The maximum Gasteiger partial charge on any atom is 0.494 e. The molecule has 0 spiro atoms. The SMILES string of the molecule is CC1(C)OB(c2ccc(C3(c4ccc5sc6ccccc6c5c4)c4ccccc4-c4ccccc43)cc2)OC1(C)C.Clc1nc(-c2ccccc2)c2ccccc2n1.c1ccc(-c2nc(-c3ccc(C4(c5ccc6sc7ccccc7c6c5)c5ccccc5-c5ccccc54)cc3)nc3ccccc23)cc1. The van der Waals surface area contributed by atoms with E-state index in [0.717, 1.165) is 61.2 Å². The molecule has 0 unspecified atom stereocenters. The van der Waals surface area contributed by atoms with Gasteiger partial charge in [0, 0.05) is 67.8 Å². The highest BCUT2D eigenvalue weighted by Crippen LogP contribution is 2.59. The van der Waals surface area contributed by atoms with Gasteiger partial charge in [-0.15, -0.1) is 22.7 Å². The Labute approximate surface area is 629 Å². The second kappa shape index (κ2) is 26.0. The van der Waals surface area contributed by atoms with Crippen LogP contribution in [-0.4, -0.2) is 38.3 Å². The molecular weight excluding hydrogens is 1350 g/mol.